The normalized spacial score (nSPS) is 12.9. The Kier molecular flexibility index (Phi) is 3.19. The highest BCUT2D eigenvalue weighted by Gasteiger charge is 2.12. The number of rotatable bonds is 2. The van der Waals surface area contributed by atoms with Gasteiger partial charge in [-0.1, -0.05) is 0 Å². The number of hydrogen-bond donors (Lipinski definition) is 2. The summed E-state index contributed by atoms with van der Waals surface area (Å²) >= 11 is 0. The molecule has 0 aromatic rings. The fourth-order valence-electron chi connectivity index (χ4n) is 0.391. The van der Waals surface area contributed by atoms with Gasteiger partial charge in [0.2, 0.25) is 0 Å². The maximum absolute atomic E-state index is 10.6. The first-order chi connectivity index (χ1) is 4.09. The third-order valence-corrected chi connectivity index (χ3v) is 0.943. The summed E-state index contributed by atoms with van der Waals surface area (Å²) in [5, 5.41) is 9.30. The van der Waals surface area contributed by atoms with E-state index in [2.05, 4.69) is 0 Å². The molecule has 54 valence electrons. The highest BCUT2D eigenvalue weighted by Crippen LogP contribution is 1.85. The van der Waals surface area contributed by atoms with Crippen molar-refractivity contribution in [3.63, 3.8) is 0 Å². The quantitative estimate of drug-likeness (QED) is 0.396. The predicted molar refractivity (Wildman–Crippen MR) is 32.8 cm³/mol. The number of likely N-dealkylation sites (N-methyl/N-ethyl adjacent to an activating group) is 1. The number of carbonyl (C=O) groups is 1. The maximum Gasteiger partial charge on any atom is 0.262 e. The average molecular weight is 132 g/mol. The molecule has 4 heteroatoms. The van der Waals surface area contributed by atoms with Crippen LogP contribution in [0, 0.1) is 0 Å². The van der Waals surface area contributed by atoms with E-state index in [1.165, 1.54) is 6.92 Å². The van der Waals surface area contributed by atoms with E-state index >= 15 is 0 Å². The van der Waals surface area contributed by atoms with Gasteiger partial charge < -0.3 is 5.73 Å². The van der Waals surface area contributed by atoms with E-state index in [1.54, 1.807) is 6.92 Å². The summed E-state index contributed by atoms with van der Waals surface area (Å²) in [6.45, 7) is 3.47. The van der Waals surface area contributed by atoms with Gasteiger partial charge in [0.25, 0.3) is 5.91 Å². The Hall–Kier alpha value is -0.610. The van der Waals surface area contributed by atoms with E-state index in [4.69, 9.17) is 10.9 Å². The SMILES string of the molecule is CCN(O)C(=O)[C@@H](C)N. The first-order valence-electron chi connectivity index (χ1n) is 2.85. The highest BCUT2D eigenvalue weighted by atomic mass is 16.5. The summed E-state index contributed by atoms with van der Waals surface area (Å²) < 4.78 is 0. The zero-order chi connectivity index (χ0) is 7.44. The number of hydroxylamine groups is 2. The van der Waals surface area contributed by atoms with Crippen LogP contribution in [0.2, 0.25) is 0 Å². The van der Waals surface area contributed by atoms with Crippen LogP contribution in [0.1, 0.15) is 13.8 Å². The van der Waals surface area contributed by atoms with Crippen molar-refractivity contribution in [2.45, 2.75) is 19.9 Å². The van der Waals surface area contributed by atoms with Crippen LogP contribution in [0.15, 0.2) is 0 Å². The summed E-state index contributed by atoms with van der Waals surface area (Å²) in [5.74, 6) is -0.447. The molecule has 0 aliphatic rings. The van der Waals surface area contributed by atoms with Gasteiger partial charge >= 0.3 is 0 Å². The van der Waals surface area contributed by atoms with E-state index in [1.807, 2.05) is 0 Å². The topological polar surface area (TPSA) is 66.6 Å². The number of amides is 1. The number of nitrogens with zero attached hydrogens (tertiary/aromatic N) is 1. The monoisotopic (exact) mass is 132 g/mol. The first-order valence-corrected chi connectivity index (χ1v) is 2.85. The standard InChI is InChI=1S/C5H12N2O2/c1-3-7(9)5(8)4(2)6/h4,9H,3,6H2,1-2H3/t4-/m1/s1. The Labute approximate surface area is 54.2 Å². The van der Waals surface area contributed by atoms with Gasteiger partial charge in [-0.2, -0.15) is 0 Å². The molecule has 0 rings (SSSR count). The van der Waals surface area contributed by atoms with Crippen molar-refractivity contribution in [3.8, 4) is 0 Å². The van der Waals surface area contributed by atoms with E-state index < -0.39 is 11.9 Å². The molecule has 0 saturated carbocycles. The van der Waals surface area contributed by atoms with Gasteiger partial charge in [-0.25, -0.2) is 5.06 Å². The number of carbonyl (C=O) groups excluding carboxylic acids is 1. The smallest absolute Gasteiger partial charge is 0.262 e. The van der Waals surface area contributed by atoms with Crippen molar-refractivity contribution >= 4 is 5.91 Å². The molecule has 0 saturated heterocycles. The second kappa shape index (κ2) is 3.42. The molecule has 1 atom stereocenters. The molecule has 0 aromatic carbocycles. The van der Waals surface area contributed by atoms with Crippen LogP contribution in [-0.4, -0.2) is 28.8 Å². The van der Waals surface area contributed by atoms with Crippen molar-refractivity contribution in [3.05, 3.63) is 0 Å². The lowest BCUT2D eigenvalue weighted by Crippen LogP contribution is -2.39. The third-order valence-electron chi connectivity index (χ3n) is 0.943. The minimum atomic E-state index is -0.616. The summed E-state index contributed by atoms with van der Waals surface area (Å²) in [6.07, 6.45) is 0. The average Bonchev–Trinajstić information content (AvgIpc) is 1.84. The van der Waals surface area contributed by atoms with Gasteiger partial charge in [0.15, 0.2) is 0 Å². The molecule has 0 aliphatic carbocycles. The lowest BCUT2D eigenvalue weighted by molar-refractivity contribution is -0.165. The molecule has 0 unspecified atom stereocenters. The largest absolute Gasteiger partial charge is 0.320 e. The lowest BCUT2D eigenvalue weighted by atomic mass is 10.3. The van der Waals surface area contributed by atoms with Crippen LogP contribution in [0.4, 0.5) is 0 Å². The van der Waals surface area contributed by atoms with Gasteiger partial charge in [-0.3, -0.25) is 10.0 Å². The number of nitrogens with two attached hydrogens (primary N) is 1. The Morgan fingerprint density at radius 1 is 1.89 bits per heavy atom. The Morgan fingerprint density at radius 3 is 2.44 bits per heavy atom. The molecule has 0 aromatic heterocycles. The van der Waals surface area contributed by atoms with Crippen molar-refractivity contribution in [2.75, 3.05) is 6.54 Å². The number of hydrogen-bond acceptors (Lipinski definition) is 3. The first kappa shape index (κ1) is 8.39. The zero-order valence-corrected chi connectivity index (χ0v) is 5.66. The Balaban J connectivity index is 3.73. The van der Waals surface area contributed by atoms with Crippen LogP contribution < -0.4 is 5.73 Å². The summed E-state index contributed by atoms with van der Waals surface area (Å²) in [7, 11) is 0. The molecule has 0 fully saturated rings. The van der Waals surface area contributed by atoms with Crippen molar-refractivity contribution in [1.82, 2.24) is 5.06 Å². The molecule has 0 radical (unpaired) electrons. The molecular formula is C5H12N2O2. The Bertz CT molecular complexity index is 103. The van der Waals surface area contributed by atoms with Crippen LogP contribution in [0.25, 0.3) is 0 Å². The van der Waals surface area contributed by atoms with Gasteiger partial charge in [-0.05, 0) is 13.8 Å². The van der Waals surface area contributed by atoms with Crippen LogP contribution in [-0.2, 0) is 4.79 Å². The molecule has 0 spiro atoms. The van der Waals surface area contributed by atoms with Crippen LogP contribution in [0.5, 0.6) is 0 Å². The fraction of sp³-hybridized carbons (Fsp3) is 0.800. The van der Waals surface area contributed by atoms with E-state index in [0.717, 1.165) is 0 Å². The maximum atomic E-state index is 10.6. The molecule has 9 heavy (non-hydrogen) atoms. The predicted octanol–water partition coefficient (Wildman–Crippen LogP) is -0.429. The zero-order valence-electron chi connectivity index (χ0n) is 5.66. The molecule has 3 N–H and O–H groups in total. The van der Waals surface area contributed by atoms with Crippen LogP contribution >= 0.6 is 0 Å². The van der Waals surface area contributed by atoms with Gasteiger partial charge in [0.05, 0.1) is 6.04 Å². The van der Waals surface area contributed by atoms with E-state index in [9.17, 15) is 4.79 Å². The van der Waals surface area contributed by atoms with Crippen LogP contribution in [0.3, 0.4) is 0 Å². The lowest BCUT2D eigenvalue weighted by Gasteiger charge is -2.13. The van der Waals surface area contributed by atoms with E-state index in [-0.39, 0.29) is 6.54 Å². The summed E-state index contributed by atoms with van der Waals surface area (Å²) in [4.78, 5) is 10.6. The van der Waals surface area contributed by atoms with E-state index in [0.29, 0.717) is 5.06 Å². The third kappa shape index (κ3) is 2.43. The fourth-order valence-corrected chi connectivity index (χ4v) is 0.391. The van der Waals surface area contributed by atoms with Crippen molar-refractivity contribution in [1.29, 1.82) is 0 Å². The molecule has 0 heterocycles. The van der Waals surface area contributed by atoms with Gasteiger partial charge in [0, 0.05) is 6.54 Å². The summed E-state index contributed by atoms with van der Waals surface area (Å²) in [5.41, 5.74) is 5.16. The molecule has 4 nitrogen and oxygen atoms in total. The molecular weight excluding hydrogens is 120 g/mol. The highest BCUT2D eigenvalue weighted by molar-refractivity contribution is 5.79. The Morgan fingerprint density at radius 2 is 2.33 bits per heavy atom. The van der Waals surface area contributed by atoms with Crippen molar-refractivity contribution < 1.29 is 10.0 Å². The van der Waals surface area contributed by atoms with Crippen molar-refractivity contribution in [2.24, 2.45) is 5.73 Å². The molecule has 0 aliphatic heterocycles. The van der Waals surface area contributed by atoms with Gasteiger partial charge in [0.1, 0.15) is 0 Å². The molecule has 0 bridgehead atoms. The second-order valence-corrected chi connectivity index (χ2v) is 1.84. The van der Waals surface area contributed by atoms with Gasteiger partial charge in [-0.15, -0.1) is 0 Å². The minimum Gasteiger partial charge on any atom is -0.320 e. The molecule has 1 amide bonds. The minimum absolute atomic E-state index is 0.278. The second-order valence-electron chi connectivity index (χ2n) is 1.84. The summed E-state index contributed by atoms with van der Waals surface area (Å²) in [6, 6.07) is -0.616.